The summed E-state index contributed by atoms with van der Waals surface area (Å²) in [5.41, 5.74) is 1.18. The van der Waals surface area contributed by atoms with E-state index in [2.05, 4.69) is 34.7 Å². The van der Waals surface area contributed by atoms with Crippen LogP contribution < -0.4 is 0 Å². The second kappa shape index (κ2) is 10.7. The van der Waals surface area contributed by atoms with Crippen LogP contribution in [0.4, 0.5) is 0 Å². The zero-order valence-electron chi connectivity index (χ0n) is 9.98. The van der Waals surface area contributed by atoms with E-state index in [9.17, 15) is 0 Å². The van der Waals surface area contributed by atoms with Crippen LogP contribution in [-0.2, 0) is 16.1 Å². The quantitative estimate of drug-likeness (QED) is 0.222. The fraction of sp³-hybridized carbons (Fsp3) is 0.429. The van der Waals surface area contributed by atoms with Crippen LogP contribution in [0.2, 0.25) is 0 Å². The Bertz CT molecular complexity index is 298. The molecular formula is C14H19IO2. The first kappa shape index (κ1) is 14.7. The maximum Gasteiger partial charge on any atom is 0.147 e. The number of alkyl halides is 1. The van der Waals surface area contributed by atoms with E-state index < -0.39 is 0 Å². The number of hydrogen-bond donors (Lipinski definition) is 0. The van der Waals surface area contributed by atoms with Gasteiger partial charge in [-0.05, 0) is 18.4 Å². The minimum atomic E-state index is 0.370. The molecule has 0 saturated heterocycles. The first-order valence-electron chi connectivity index (χ1n) is 5.84. The van der Waals surface area contributed by atoms with Gasteiger partial charge < -0.3 is 9.47 Å². The lowest BCUT2D eigenvalue weighted by atomic mass is 10.2. The van der Waals surface area contributed by atoms with Gasteiger partial charge in [0.25, 0.3) is 0 Å². The molecule has 0 aliphatic heterocycles. The maximum atomic E-state index is 5.40. The highest BCUT2D eigenvalue weighted by atomic mass is 127. The summed E-state index contributed by atoms with van der Waals surface area (Å²) in [5.74, 6) is 0. The molecule has 0 aromatic heterocycles. The molecule has 1 aromatic rings. The Hall–Kier alpha value is -0.390. The molecule has 0 N–H and O–H groups in total. The standard InChI is InChI=1S/C14H19IO2/c15-10-6-1-2-7-11-16-13-17-12-14-8-4-3-5-9-14/h1-5,8-9H,6-7,10-13H2/b2-1-. The van der Waals surface area contributed by atoms with Crippen molar-refractivity contribution in [2.24, 2.45) is 0 Å². The number of rotatable bonds is 9. The topological polar surface area (TPSA) is 18.5 Å². The van der Waals surface area contributed by atoms with Gasteiger partial charge >= 0.3 is 0 Å². The second-order valence-corrected chi connectivity index (χ2v) is 4.68. The summed E-state index contributed by atoms with van der Waals surface area (Å²) in [6.45, 7) is 1.72. The lowest BCUT2D eigenvalue weighted by Crippen LogP contribution is -2.01. The molecule has 3 heteroatoms. The molecule has 0 heterocycles. The lowest BCUT2D eigenvalue weighted by Gasteiger charge is -2.04. The smallest absolute Gasteiger partial charge is 0.147 e. The Morgan fingerprint density at radius 2 is 1.76 bits per heavy atom. The summed E-state index contributed by atoms with van der Waals surface area (Å²) in [7, 11) is 0. The molecule has 17 heavy (non-hydrogen) atoms. The molecule has 0 aliphatic rings. The summed E-state index contributed by atoms with van der Waals surface area (Å²) >= 11 is 2.37. The monoisotopic (exact) mass is 346 g/mol. The van der Waals surface area contributed by atoms with Gasteiger partial charge in [-0.2, -0.15) is 0 Å². The van der Waals surface area contributed by atoms with E-state index in [-0.39, 0.29) is 0 Å². The van der Waals surface area contributed by atoms with Crippen molar-refractivity contribution in [2.75, 3.05) is 17.8 Å². The van der Waals surface area contributed by atoms with Gasteiger partial charge in [0.05, 0.1) is 13.2 Å². The average molecular weight is 346 g/mol. The highest BCUT2D eigenvalue weighted by Gasteiger charge is 1.91. The summed E-state index contributed by atoms with van der Waals surface area (Å²) < 4.78 is 11.9. The minimum absolute atomic E-state index is 0.370. The Morgan fingerprint density at radius 3 is 2.53 bits per heavy atom. The van der Waals surface area contributed by atoms with Gasteiger partial charge in [-0.3, -0.25) is 0 Å². The molecule has 0 saturated carbocycles. The molecular weight excluding hydrogens is 327 g/mol. The highest BCUT2D eigenvalue weighted by Crippen LogP contribution is 2.00. The predicted molar refractivity (Wildman–Crippen MR) is 79.3 cm³/mol. The molecule has 0 bridgehead atoms. The number of hydrogen-bond acceptors (Lipinski definition) is 2. The fourth-order valence-electron chi connectivity index (χ4n) is 1.30. The Balaban J connectivity index is 1.91. The maximum absolute atomic E-state index is 5.40. The van der Waals surface area contributed by atoms with Gasteiger partial charge in [0.2, 0.25) is 0 Å². The van der Waals surface area contributed by atoms with Gasteiger partial charge in [0, 0.05) is 4.43 Å². The van der Waals surface area contributed by atoms with E-state index in [1.807, 2.05) is 30.3 Å². The summed E-state index contributed by atoms with van der Waals surface area (Å²) in [6.07, 6.45) is 6.47. The SMILES string of the molecule is ICC/C=C\CCOCOCc1ccccc1. The molecule has 0 atom stereocenters. The first-order chi connectivity index (χ1) is 8.43. The van der Waals surface area contributed by atoms with E-state index in [4.69, 9.17) is 9.47 Å². The third kappa shape index (κ3) is 8.35. The molecule has 0 spiro atoms. The zero-order chi connectivity index (χ0) is 12.2. The van der Waals surface area contributed by atoms with E-state index >= 15 is 0 Å². The fourth-order valence-corrected chi connectivity index (χ4v) is 1.66. The normalized spacial score (nSPS) is 11.1. The van der Waals surface area contributed by atoms with Crippen molar-refractivity contribution in [1.29, 1.82) is 0 Å². The highest BCUT2D eigenvalue weighted by molar-refractivity contribution is 14.1. The third-order valence-electron chi connectivity index (χ3n) is 2.15. The van der Waals surface area contributed by atoms with Crippen LogP contribution >= 0.6 is 22.6 Å². The van der Waals surface area contributed by atoms with Crippen molar-refractivity contribution in [3.8, 4) is 0 Å². The second-order valence-electron chi connectivity index (χ2n) is 3.60. The van der Waals surface area contributed by atoms with Crippen LogP contribution in [0, 0.1) is 0 Å². The van der Waals surface area contributed by atoms with Gasteiger partial charge in [0.15, 0.2) is 0 Å². The molecule has 0 fully saturated rings. The average Bonchev–Trinajstić information content (AvgIpc) is 2.38. The van der Waals surface area contributed by atoms with E-state index in [0.717, 1.165) is 19.4 Å². The molecule has 0 aliphatic carbocycles. The Morgan fingerprint density at radius 1 is 1.00 bits per heavy atom. The zero-order valence-corrected chi connectivity index (χ0v) is 12.1. The minimum Gasteiger partial charge on any atom is -0.355 e. The van der Waals surface area contributed by atoms with Crippen molar-refractivity contribution in [2.45, 2.75) is 19.4 Å². The lowest BCUT2D eigenvalue weighted by molar-refractivity contribution is -0.0600. The largest absolute Gasteiger partial charge is 0.355 e. The molecule has 1 aromatic carbocycles. The molecule has 0 radical (unpaired) electrons. The Labute approximate surface area is 117 Å². The predicted octanol–water partition coefficient (Wildman–Crippen LogP) is 3.95. The van der Waals surface area contributed by atoms with Gasteiger partial charge in [-0.1, -0.05) is 65.1 Å². The van der Waals surface area contributed by atoms with E-state index in [0.29, 0.717) is 13.4 Å². The van der Waals surface area contributed by atoms with Crippen LogP contribution in [0.15, 0.2) is 42.5 Å². The van der Waals surface area contributed by atoms with Gasteiger partial charge in [0.1, 0.15) is 6.79 Å². The summed E-state index contributed by atoms with van der Waals surface area (Å²) in [4.78, 5) is 0. The van der Waals surface area contributed by atoms with Crippen LogP contribution in [0.25, 0.3) is 0 Å². The third-order valence-corrected chi connectivity index (χ3v) is 2.77. The Kier molecular flexibility index (Phi) is 9.27. The van der Waals surface area contributed by atoms with Crippen molar-refractivity contribution >= 4 is 22.6 Å². The van der Waals surface area contributed by atoms with Crippen molar-refractivity contribution in [3.63, 3.8) is 0 Å². The number of halogens is 1. The van der Waals surface area contributed by atoms with Crippen LogP contribution in [0.5, 0.6) is 0 Å². The first-order valence-corrected chi connectivity index (χ1v) is 7.36. The number of benzene rings is 1. The van der Waals surface area contributed by atoms with E-state index in [1.54, 1.807) is 0 Å². The van der Waals surface area contributed by atoms with Crippen LogP contribution in [-0.4, -0.2) is 17.8 Å². The van der Waals surface area contributed by atoms with Gasteiger partial charge in [-0.15, -0.1) is 0 Å². The van der Waals surface area contributed by atoms with E-state index in [1.165, 1.54) is 9.99 Å². The van der Waals surface area contributed by atoms with Crippen LogP contribution in [0.1, 0.15) is 18.4 Å². The summed E-state index contributed by atoms with van der Waals surface area (Å²) in [5, 5.41) is 0. The number of allylic oxidation sites excluding steroid dienone is 1. The van der Waals surface area contributed by atoms with Crippen molar-refractivity contribution in [3.05, 3.63) is 48.0 Å². The van der Waals surface area contributed by atoms with Crippen molar-refractivity contribution < 1.29 is 9.47 Å². The van der Waals surface area contributed by atoms with Crippen LogP contribution in [0.3, 0.4) is 0 Å². The molecule has 1 rings (SSSR count). The summed E-state index contributed by atoms with van der Waals surface area (Å²) in [6, 6.07) is 10.1. The van der Waals surface area contributed by atoms with Gasteiger partial charge in [-0.25, -0.2) is 0 Å². The molecule has 2 nitrogen and oxygen atoms in total. The molecule has 0 unspecified atom stereocenters. The molecule has 94 valence electrons. The van der Waals surface area contributed by atoms with Crippen molar-refractivity contribution in [1.82, 2.24) is 0 Å². The number of ether oxygens (including phenoxy) is 2. The molecule has 0 amide bonds.